The standard InChI is InChI=1S/C16H20N4O4S/c1-25-10-8-13(15(23)17-9-4-7-14(21)22)20-16(24)11-5-2-3-6-12(11)18-19-20/h2-3,5-6,13H,4,7-10H2,1H3,(H,17,23)(H,21,22)/p-1/t13-/m0/s1. The Balaban J connectivity index is 2.21. The number of fused-ring (bicyclic) bond motifs is 1. The lowest BCUT2D eigenvalue weighted by Gasteiger charge is -2.17. The van der Waals surface area contributed by atoms with Crippen molar-refractivity contribution in [2.75, 3.05) is 18.6 Å². The predicted octanol–water partition coefficient (Wildman–Crippen LogP) is -0.268. The Morgan fingerprint density at radius 3 is 2.84 bits per heavy atom. The summed E-state index contributed by atoms with van der Waals surface area (Å²) in [4.78, 5) is 35.5. The molecule has 0 bridgehead atoms. The SMILES string of the molecule is CSCC[C@@H](C(=O)NCCCC(=O)[O-])n1nnc2ccccc2c1=O. The van der Waals surface area contributed by atoms with Gasteiger partial charge < -0.3 is 15.2 Å². The predicted molar refractivity (Wildman–Crippen MR) is 93.1 cm³/mol. The molecule has 9 heteroatoms. The van der Waals surface area contributed by atoms with Gasteiger partial charge in [-0.05, 0) is 43.4 Å². The van der Waals surface area contributed by atoms with Crippen LogP contribution in [0.1, 0.15) is 25.3 Å². The number of amides is 1. The van der Waals surface area contributed by atoms with E-state index in [1.807, 2.05) is 6.26 Å². The molecule has 25 heavy (non-hydrogen) atoms. The van der Waals surface area contributed by atoms with Gasteiger partial charge in [-0.25, -0.2) is 0 Å². The highest BCUT2D eigenvalue weighted by molar-refractivity contribution is 7.98. The minimum absolute atomic E-state index is 0.133. The van der Waals surface area contributed by atoms with E-state index in [1.165, 1.54) is 0 Å². The number of carboxylic acid groups (broad SMARTS) is 1. The van der Waals surface area contributed by atoms with Gasteiger partial charge in [0.05, 0.1) is 5.39 Å². The van der Waals surface area contributed by atoms with Gasteiger partial charge in [-0.3, -0.25) is 9.59 Å². The fourth-order valence-electron chi connectivity index (χ4n) is 2.36. The number of hydrogen-bond acceptors (Lipinski definition) is 7. The number of carbonyl (C=O) groups excluding carboxylic acids is 2. The highest BCUT2D eigenvalue weighted by Gasteiger charge is 2.23. The van der Waals surface area contributed by atoms with Crippen LogP contribution in [0.5, 0.6) is 0 Å². The zero-order valence-corrected chi connectivity index (χ0v) is 14.6. The zero-order valence-electron chi connectivity index (χ0n) is 13.8. The monoisotopic (exact) mass is 363 g/mol. The molecule has 8 nitrogen and oxygen atoms in total. The number of aromatic nitrogens is 3. The normalized spacial score (nSPS) is 12.0. The molecule has 0 aliphatic heterocycles. The zero-order chi connectivity index (χ0) is 18.2. The van der Waals surface area contributed by atoms with Crippen LogP contribution in [0.25, 0.3) is 10.9 Å². The Labute approximate surface area is 148 Å². The molecule has 2 rings (SSSR count). The van der Waals surface area contributed by atoms with E-state index < -0.39 is 12.0 Å². The van der Waals surface area contributed by atoms with Gasteiger partial charge in [0.1, 0.15) is 11.6 Å². The molecular formula is C16H19N4O4S-. The molecule has 0 fully saturated rings. The lowest BCUT2D eigenvalue weighted by Crippen LogP contribution is -2.40. The quantitative estimate of drug-likeness (QED) is 0.610. The van der Waals surface area contributed by atoms with Gasteiger partial charge in [-0.15, -0.1) is 5.10 Å². The van der Waals surface area contributed by atoms with E-state index in [1.54, 1.807) is 36.0 Å². The largest absolute Gasteiger partial charge is 0.550 e. The number of nitrogens with zero attached hydrogens (tertiary/aromatic N) is 3. The van der Waals surface area contributed by atoms with E-state index in [-0.39, 0.29) is 30.9 Å². The smallest absolute Gasteiger partial charge is 0.278 e. The van der Waals surface area contributed by atoms with E-state index in [0.29, 0.717) is 23.1 Å². The summed E-state index contributed by atoms with van der Waals surface area (Å²) in [6.07, 6.45) is 2.46. The Bertz CT molecular complexity index is 808. The van der Waals surface area contributed by atoms with E-state index >= 15 is 0 Å². The van der Waals surface area contributed by atoms with Crippen molar-refractivity contribution in [2.24, 2.45) is 0 Å². The molecule has 134 valence electrons. The van der Waals surface area contributed by atoms with Crippen LogP contribution in [0.4, 0.5) is 0 Å². The first-order chi connectivity index (χ1) is 12.0. The molecular weight excluding hydrogens is 344 g/mol. The van der Waals surface area contributed by atoms with E-state index in [2.05, 4.69) is 15.6 Å². The van der Waals surface area contributed by atoms with Crippen LogP contribution in [-0.2, 0) is 9.59 Å². The van der Waals surface area contributed by atoms with Gasteiger partial charge in [0, 0.05) is 12.5 Å². The molecule has 0 aliphatic rings. The Kier molecular flexibility index (Phi) is 6.93. The number of nitrogens with one attached hydrogen (secondary N) is 1. The van der Waals surface area contributed by atoms with Crippen molar-refractivity contribution >= 4 is 34.5 Å². The van der Waals surface area contributed by atoms with Gasteiger partial charge in [-0.1, -0.05) is 17.3 Å². The van der Waals surface area contributed by atoms with Crippen LogP contribution in [0.3, 0.4) is 0 Å². The van der Waals surface area contributed by atoms with E-state index in [9.17, 15) is 19.5 Å². The van der Waals surface area contributed by atoms with Crippen molar-refractivity contribution in [1.29, 1.82) is 0 Å². The highest BCUT2D eigenvalue weighted by Crippen LogP contribution is 2.13. The topological polar surface area (TPSA) is 117 Å². The van der Waals surface area contributed by atoms with Crippen LogP contribution in [0, 0.1) is 0 Å². The maximum absolute atomic E-state index is 12.6. The maximum atomic E-state index is 12.6. The first-order valence-electron chi connectivity index (χ1n) is 7.85. The average molecular weight is 363 g/mol. The van der Waals surface area contributed by atoms with Crippen molar-refractivity contribution in [1.82, 2.24) is 20.3 Å². The van der Waals surface area contributed by atoms with Crippen LogP contribution in [0.15, 0.2) is 29.1 Å². The van der Waals surface area contributed by atoms with Crippen LogP contribution in [-0.4, -0.2) is 45.4 Å². The summed E-state index contributed by atoms with van der Waals surface area (Å²) in [6.45, 7) is 0.193. The van der Waals surface area contributed by atoms with Crippen LogP contribution in [0.2, 0.25) is 0 Å². The first-order valence-corrected chi connectivity index (χ1v) is 9.24. The molecule has 1 amide bonds. The third-order valence-electron chi connectivity index (χ3n) is 3.64. The third-order valence-corrected chi connectivity index (χ3v) is 4.29. The van der Waals surface area contributed by atoms with Gasteiger partial charge in [0.15, 0.2) is 0 Å². The Morgan fingerprint density at radius 1 is 1.36 bits per heavy atom. The van der Waals surface area contributed by atoms with E-state index in [0.717, 1.165) is 4.68 Å². The molecule has 1 aromatic heterocycles. The molecule has 0 saturated heterocycles. The number of hydrogen-bond donors (Lipinski definition) is 1. The summed E-state index contributed by atoms with van der Waals surface area (Å²) < 4.78 is 1.10. The number of carbonyl (C=O) groups is 2. The second kappa shape index (κ2) is 9.16. The lowest BCUT2D eigenvalue weighted by atomic mass is 10.2. The van der Waals surface area contributed by atoms with Gasteiger partial charge >= 0.3 is 0 Å². The molecule has 1 atom stereocenters. The molecule has 0 saturated carbocycles. The summed E-state index contributed by atoms with van der Waals surface area (Å²) in [5, 5.41) is 21.4. The van der Waals surface area contributed by atoms with Gasteiger partial charge in [0.2, 0.25) is 5.91 Å². The van der Waals surface area contributed by atoms with Crippen molar-refractivity contribution in [3.8, 4) is 0 Å². The minimum atomic E-state index is -1.16. The first kappa shape index (κ1) is 18.9. The Hall–Kier alpha value is -2.42. The molecule has 0 aliphatic carbocycles. The number of thioether (sulfide) groups is 1. The number of carboxylic acids is 1. The van der Waals surface area contributed by atoms with Crippen LogP contribution < -0.4 is 16.0 Å². The average Bonchev–Trinajstić information content (AvgIpc) is 2.60. The summed E-state index contributed by atoms with van der Waals surface area (Å²) in [7, 11) is 0. The summed E-state index contributed by atoms with van der Waals surface area (Å²) in [5.41, 5.74) is 0.100. The van der Waals surface area contributed by atoms with Gasteiger partial charge in [-0.2, -0.15) is 16.4 Å². The molecule has 0 unspecified atom stereocenters. The van der Waals surface area contributed by atoms with Crippen molar-refractivity contribution in [3.05, 3.63) is 34.6 Å². The molecule has 1 N–H and O–H groups in total. The second-order valence-electron chi connectivity index (χ2n) is 5.42. The molecule has 0 radical (unpaired) electrons. The fraction of sp³-hybridized carbons (Fsp3) is 0.438. The molecule has 1 aromatic carbocycles. The maximum Gasteiger partial charge on any atom is 0.278 e. The van der Waals surface area contributed by atoms with Crippen molar-refractivity contribution in [2.45, 2.75) is 25.3 Å². The fourth-order valence-corrected chi connectivity index (χ4v) is 2.82. The summed E-state index contributed by atoms with van der Waals surface area (Å²) >= 11 is 1.55. The summed E-state index contributed by atoms with van der Waals surface area (Å²) in [5.74, 6) is -0.873. The third kappa shape index (κ3) is 5.02. The van der Waals surface area contributed by atoms with E-state index in [4.69, 9.17) is 0 Å². The summed E-state index contributed by atoms with van der Waals surface area (Å²) in [6, 6.07) is 6.03. The highest BCUT2D eigenvalue weighted by atomic mass is 32.2. The van der Waals surface area contributed by atoms with Crippen molar-refractivity contribution < 1.29 is 14.7 Å². The molecule has 1 heterocycles. The van der Waals surface area contributed by atoms with Crippen LogP contribution >= 0.6 is 11.8 Å². The number of aliphatic carboxylic acids is 1. The number of rotatable bonds is 9. The second-order valence-corrected chi connectivity index (χ2v) is 6.41. The Morgan fingerprint density at radius 2 is 2.12 bits per heavy atom. The lowest BCUT2D eigenvalue weighted by molar-refractivity contribution is -0.305. The van der Waals surface area contributed by atoms with Crippen molar-refractivity contribution in [3.63, 3.8) is 0 Å². The van der Waals surface area contributed by atoms with Gasteiger partial charge in [0.25, 0.3) is 5.56 Å². The number of benzene rings is 1. The molecule has 0 spiro atoms. The minimum Gasteiger partial charge on any atom is -0.550 e. The molecule has 2 aromatic rings.